The average Bonchev–Trinajstić information content (AvgIpc) is 3.74. The number of aryl methyl sites for hydroxylation is 1. The van der Waals surface area contributed by atoms with Crippen LogP contribution in [0.15, 0.2) is 173 Å². The molecular weight excluding hydrogens is 651 g/mol. The molecule has 0 aliphatic carbocycles. The Morgan fingerprint density at radius 1 is 0.509 bits per heavy atom. The summed E-state index contributed by atoms with van der Waals surface area (Å²) in [5.41, 5.74) is 11.0. The van der Waals surface area contributed by atoms with Crippen molar-refractivity contribution >= 4 is 44.2 Å². The second kappa shape index (κ2) is 12.7. The van der Waals surface area contributed by atoms with Gasteiger partial charge in [-0.25, -0.2) is 9.98 Å². The van der Waals surface area contributed by atoms with Gasteiger partial charge >= 0.3 is 0 Å². The van der Waals surface area contributed by atoms with Crippen LogP contribution in [0.5, 0.6) is 0 Å². The molecule has 10 rings (SSSR count). The Morgan fingerprint density at radius 3 is 1.72 bits per heavy atom. The van der Waals surface area contributed by atoms with Crippen LogP contribution < -0.4 is 0 Å². The molecule has 0 saturated heterocycles. The first-order chi connectivity index (χ1) is 26.2. The lowest BCUT2D eigenvalue weighted by Crippen LogP contribution is -2.09. The minimum absolute atomic E-state index is 0.548. The van der Waals surface area contributed by atoms with Crippen LogP contribution in [0, 0.1) is 0 Å². The molecule has 6 nitrogen and oxygen atoms in total. The predicted octanol–water partition coefficient (Wildman–Crippen LogP) is 11.3. The number of benzene rings is 6. The fourth-order valence-corrected chi connectivity index (χ4v) is 7.55. The van der Waals surface area contributed by atoms with E-state index in [-0.39, 0.29) is 0 Å². The number of furan rings is 1. The lowest BCUT2D eigenvalue weighted by atomic mass is 9.93. The lowest BCUT2D eigenvalue weighted by Gasteiger charge is -2.16. The van der Waals surface area contributed by atoms with Crippen molar-refractivity contribution < 1.29 is 4.42 Å². The van der Waals surface area contributed by atoms with Crippen molar-refractivity contribution in [2.75, 3.05) is 0 Å². The summed E-state index contributed by atoms with van der Waals surface area (Å²) >= 11 is 0. The van der Waals surface area contributed by atoms with Crippen molar-refractivity contribution in [1.29, 1.82) is 0 Å². The molecule has 0 unspecified atom stereocenters. The summed E-state index contributed by atoms with van der Waals surface area (Å²) in [4.78, 5) is 20.7. The molecule has 0 atom stereocenters. The summed E-state index contributed by atoms with van der Waals surface area (Å²) in [6, 6.07) is 54.1. The van der Waals surface area contributed by atoms with E-state index < -0.39 is 0 Å². The number of allylic oxidation sites excluding steroid dienone is 1. The molecule has 0 amide bonds. The zero-order valence-electron chi connectivity index (χ0n) is 29.1. The quantitative estimate of drug-likeness (QED) is 0.181. The number of hydrogen-bond acceptors (Lipinski definition) is 5. The highest BCUT2D eigenvalue weighted by Crippen LogP contribution is 2.40. The minimum atomic E-state index is 0.548. The van der Waals surface area contributed by atoms with Crippen LogP contribution in [-0.4, -0.2) is 25.2 Å². The van der Waals surface area contributed by atoms with Crippen LogP contribution in [0.4, 0.5) is 0 Å². The molecule has 1 aliphatic heterocycles. The molecule has 53 heavy (non-hydrogen) atoms. The zero-order valence-corrected chi connectivity index (χ0v) is 29.1. The van der Waals surface area contributed by atoms with Crippen molar-refractivity contribution in [3.63, 3.8) is 0 Å². The van der Waals surface area contributed by atoms with E-state index >= 15 is 0 Å². The van der Waals surface area contributed by atoms with Gasteiger partial charge in [-0.3, -0.25) is 4.57 Å². The third-order valence-corrected chi connectivity index (χ3v) is 10.1. The van der Waals surface area contributed by atoms with Crippen molar-refractivity contribution in [1.82, 2.24) is 19.5 Å². The number of aliphatic imine (C=N–C) groups is 1. The minimum Gasteiger partial charge on any atom is -0.460 e. The maximum absolute atomic E-state index is 6.88. The number of nitrogens with zero attached hydrogens (tertiary/aromatic N) is 5. The molecule has 0 saturated carbocycles. The molecule has 0 bridgehead atoms. The molecule has 0 N–H and O–H groups in total. The van der Waals surface area contributed by atoms with Crippen LogP contribution in [0.1, 0.15) is 35.8 Å². The van der Waals surface area contributed by atoms with Gasteiger partial charge in [-0.2, -0.15) is 9.97 Å². The molecule has 4 heterocycles. The summed E-state index contributed by atoms with van der Waals surface area (Å²) in [6.45, 7) is 2.19. The molecule has 252 valence electrons. The van der Waals surface area contributed by atoms with E-state index in [0.29, 0.717) is 17.6 Å². The van der Waals surface area contributed by atoms with Gasteiger partial charge in [0.1, 0.15) is 11.3 Å². The third-order valence-electron chi connectivity index (χ3n) is 10.1. The average molecular weight is 684 g/mol. The van der Waals surface area contributed by atoms with Gasteiger partial charge in [-0.1, -0.05) is 140 Å². The Kier molecular flexibility index (Phi) is 7.39. The molecule has 9 aromatic rings. The van der Waals surface area contributed by atoms with Crippen LogP contribution in [0.3, 0.4) is 0 Å². The van der Waals surface area contributed by atoms with Gasteiger partial charge in [0.25, 0.3) is 0 Å². The topological polar surface area (TPSA) is 69.1 Å². The van der Waals surface area contributed by atoms with Gasteiger partial charge in [0.05, 0.1) is 28.0 Å². The molecule has 6 aromatic carbocycles. The Balaban J connectivity index is 1.24. The van der Waals surface area contributed by atoms with Gasteiger partial charge < -0.3 is 4.42 Å². The van der Waals surface area contributed by atoms with E-state index in [1.807, 2.05) is 66.7 Å². The Bertz CT molecular complexity index is 2810. The van der Waals surface area contributed by atoms with Crippen molar-refractivity contribution in [2.45, 2.75) is 19.8 Å². The van der Waals surface area contributed by atoms with Crippen LogP contribution in [-0.2, 0) is 6.42 Å². The maximum Gasteiger partial charge on any atom is 0.238 e. The van der Waals surface area contributed by atoms with E-state index in [9.17, 15) is 0 Å². The number of rotatable bonds is 5. The van der Waals surface area contributed by atoms with E-state index in [0.717, 1.165) is 90.6 Å². The highest BCUT2D eigenvalue weighted by Gasteiger charge is 2.26. The highest BCUT2D eigenvalue weighted by atomic mass is 16.3. The largest absolute Gasteiger partial charge is 0.460 e. The predicted molar refractivity (Wildman–Crippen MR) is 214 cm³/mol. The molecule has 0 spiro atoms. The number of hydrogen-bond donors (Lipinski definition) is 0. The summed E-state index contributed by atoms with van der Waals surface area (Å²) in [6.07, 6.45) is 1.60. The van der Waals surface area contributed by atoms with E-state index in [1.54, 1.807) is 0 Å². The van der Waals surface area contributed by atoms with Crippen molar-refractivity contribution in [3.05, 3.63) is 186 Å². The van der Waals surface area contributed by atoms with E-state index in [2.05, 4.69) is 102 Å². The molecule has 0 fully saturated rings. The first-order valence-corrected chi connectivity index (χ1v) is 17.9. The number of para-hydroxylation sites is 1. The molecule has 0 radical (unpaired) electrons. The number of fused-ring (bicyclic) bond motifs is 6. The summed E-state index contributed by atoms with van der Waals surface area (Å²) < 4.78 is 9.03. The second-order valence-electron chi connectivity index (χ2n) is 13.5. The first-order valence-electron chi connectivity index (χ1n) is 17.9. The van der Waals surface area contributed by atoms with Crippen molar-refractivity contribution in [3.8, 4) is 28.7 Å². The normalized spacial score (nSPS) is 15.6. The Morgan fingerprint density at radius 2 is 1.08 bits per heavy atom. The van der Waals surface area contributed by atoms with Crippen LogP contribution in [0.2, 0.25) is 0 Å². The van der Waals surface area contributed by atoms with Gasteiger partial charge in [-0.15, -0.1) is 0 Å². The molecule has 1 aliphatic rings. The fraction of sp³-hybridized carbons (Fsp3) is 0.0638. The summed E-state index contributed by atoms with van der Waals surface area (Å²) in [7, 11) is 0. The molecule has 3 aromatic heterocycles. The fourth-order valence-electron chi connectivity index (χ4n) is 7.55. The lowest BCUT2D eigenvalue weighted by molar-refractivity contribution is 0.546. The zero-order chi connectivity index (χ0) is 35.3. The van der Waals surface area contributed by atoms with Crippen LogP contribution >= 0.6 is 0 Å². The van der Waals surface area contributed by atoms with E-state index in [1.165, 1.54) is 5.57 Å². The van der Waals surface area contributed by atoms with Crippen molar-refractivity contribution in [2.24, 2.45) is 4.99 Å². The van der Waals surface area contributed by atoms with Gasteiger partial charge in [0.15, 0.2) is 11.6 Å². The first kappa shape index (κ1) is 30.9. The monoisotopic (exact) mass is 683 g/mol. The number of aromatic nitrogens is 4. The Hall–Kier alpha value is -6.92. The summed E-state index contributed by atoms with van der Waals surface area (Å²) in [5.74, 6) is 2.72. The third kappa shape index (κ3) is 5.35. The van der Waals surface area contributed by atoms with E-state index in [4.69, 9.17) is 24.4 Å². The SMILES string of the molecule is C/C1=C(c2ccccc2)\N=C(\c2ccccc2)c2c(oc3cc4c(cc23)c2ccccc2n4-c2nc(-c3ccccc3)nc(-c3ccccc3)n2)CC1. The van der Waals surface area contributed by atoms with Gasteiger partial charge in [-0.05, 0) is 31.1 Å². The van der Waals surface area contributed by atoms with Crippen LogP contribution in [0.25, 0.3) is 67.2 Å². The standard InChI is InChI=1S/C47H33N5O/c1-30-26-27-40-42(44(32-18-8-3-9-19-32)48-43(30)31-16-6-2-7-17-31)37-28-36-35-24-14-15-25-38(35)52(39(36)29-41(37)53-40)47-50-45(33-20-10-4-11-21-33)49-46(51-47)34-22-12-5-13-23-34/h2-25,28-29H,26-27H2,1H3/b43-30+,48-44-. The van der Waals surface area contributed by atoms with Gasteiger partial charge in [0, 0.05) is 50.9 Å². The second-order valence-corrected chi connectivity index (χ2v) is 13.5. The maximum atomic E-state index is 6.88. The Labute approximate surface area is 306 Å². The highest BCUT2D eigenvalue weighted by molar-refractivity contribution is 6.23. The summed E-state index contributed by atoms with van der Waals surface area (Å²) in [5, 5.41) is 3.23. The molecular formula is C47H33N5O. The van der Waals surface area contributed by atoms with Gasteiger partial charge in [0.2, 0.25) is 5.95 Å². The molecule has 6 heteroatoms. The smallest absolute Gasteiger partial charge is 0.238 e.